The van der Waals surface area contributed by atoms with Crippen LogP contribution in [0.4, 0.5) is 0 Å². The van der Waals surface area contributed by atoms with Gasteiger partial charge < -0.3 is 9.69 Å². The summed E-state index contributed by atoms with van der Waals surface area (Å²) >= 11 is 0. The van der Waals surface area contributed by atoms with E-state index in [2.05, 4.69) is 26.3 Å². The van der Waals surface area contributed by atoms with Crippen LogP contribution in [0.1, 0.15) is 57.8 Å². The highest BCUT2D eigenvalue weighted by molar-refractivity contribution is 6.27. The third-order valence-electron chi connectivity index (χ3n) is 3.20. The number of Topliss-reactive ketones (excluding diaryl/α,β-unsaturated/α-hetero) is 1. The van der Waals surface area contributed by atoms with Gasteiger partial charge in [-0.25, -0.2) is 0 Å². The minimum Gasteiger partial charge on any atom is -0.411 e. The number of carbonyl (C=O) groups is 1. The van der Waals surface area contributed by atoms with Gasteiger partial charge in [-0.2, -0.15) is 0 Å². The number of hydrogen-bond acceptors (Lipinski definition) is 3. The molecule has 19 heavy (non-hydrogen) atoms. The van der Waals surface area contributed by atoms with Gasteiger partial charge in [0.15, 0.2) is 5.78 Å². The van der Waals surface area contributed by atoms with Crippen LogP contribution in [0.5, 0.6) is 0 Å². The molecule has 0 aromatic heterocycles. The molecule has 0 atom stereocenters. The van der Waals surface area contributed by atoms with E-state index in [9.17, 15) is 4.79 Å². The van der Waals surface area contributed by atoms with Crippen molar-refractivity contribution in [2.45, 2.75) is 57.8 Å². The van der Waals surface area contributed by atoms with Crippen LogP contribution in [0.25, 0.3) is 0 Å². The fraction of sp³-hybridized carbons (Fsp3) is 0.867. The van der Waals surface area contributed by atoms with E-state index in [1.165, 1.54) is 45.1 Å². The van der Waals surface area contributed by atoms with E-state index in [0.29, 0.717) is 6.42 Å². The lowest BCUT2D eigenvalue weighted by atomic mass is 10.1. The topological polar surface area (TPSA) is 49.7 Å². The molecule has 0 aliphatic carbocycles. The van der Waals surface area contributed by atoms with Gasteiger partial charge in [-0.15, -0.1) is 0 Å². The Morgan fingerprint density at radius 1 is 0.947 bits per heavy atom. The molecule has 4 nitrogen and oxygen atoms in total. The van der Waals surface area contributed by atoms with E-state index >= 15 is 0 Å². The molecule has 0 aliphatic rings. The predicted octanol–water partition coefficient (Wildman–Crippen LogP) is 3.23. The van der Waals surface area contributed by atoms with Gasteiger partial charge in [-0.1, -0.05) is 37.3 Å². The van der Waals surface area contributed by atoms with Crippen molar-refractivity contribution in [3.05, 3.63) is 0 Å². The summed E-state index contributed by atoms with van der Waals surface area (Å²) in [5, 5.41) is 10.9. The normalized spacial score (nSPS) is 12.2. The summed E-state index contributed by atoms with van der Waals surface area (Å²) in [5.74, 6) is -0.0807. The molecular weight excluding hydrogens is 240 g/mol. The van der Waals surface area contributed by atoms with Gasteiger partial charge in [0.2, 0.25) is 0 Å². The maximum absolute atomic E-state index is 11.0. The molecule has 0 aromatic carbocycles. The van der Waals surface area contributed by atoms with Gasteiger partial charge in [-0.3, -0.25) is 4.79 Å². The van der Waals surface area contributed by atoms with Gasteiger partial charge in [0.05, 0.1) is 27.7 Å². The Labute approximate surface area is 118 Å². The largest absolute Gasteiger partial charge is 0.411 e. The van der Waals surface area contributed by atoms with Crippen molar-refractivity contribution in [2.75, 3.05) is 27.7 Å². The fourth-order valence-corrected chi connectivity index (χ4v) is 2.07. The van der Waals surface area contributed by atoms with Gasteiger partial charge in [0, 0.05) is 6.42 Å². The van der Waals surface area contributed by atoms with Crippen molar-refractivity contribution in [1.29, 1.82) is 0 Å². The van der Waals surface area contributed by atoms with Crippen LogP contribution < -0.4 is 0 Å². The molecule has 0 rings (SSSR count). The van der Waals surface area contributed by atoms with Gasteiger partial charge in [-0.05, 0) is 19.3 Å². The average Bonchev–Trinajstić information content (AvgIpc) is 2.30. The molecule has 0 heterocycles. The molecule has 0 aliphatic heterocycles. The maximum Gasteiger partial charge on any atom is 0.177 e. The van der Waals surface area contributed by atoms with Gasteiger partial charge >= 0.3 is 0 Å². The zero-order valence-corrected chi connectivity index (χ0v) is 12.9. The van der Waals surface area contributed by atoms with E-state index < -0.39 is 0 Å². The molecule has 0 unspecified atom stereocenters. The molecule has 0 spiro atoms. The second kappa shape index (κ2) is 11.0. The minimum atomic E-state index is -0.0807. The zero-order chi connectivity index (χ0) is 14.6. The lowest BCUT2D eigenvalue weighted by molar-refractivity contribution is -0.870. The number of oxime groups is 1. The lowest BCUT2D eigenvalue weighted by Gasteiger charge is -2.23. The van der Waals surface area contributed by atoms with E-state index in [1.807, 2.05) is 0 Å². The van der Waals surface area contributed by atoms with Crippen LogP contribution in [0, 0.1) is 0 Å². The first-order valence-electron chi connectivity index (χ1n) is 7.46. The number of carbonyl (C=O) groups excluding carboxylic acids is 1. The monoisotopic (exact) mass is 271 g/mol. The summed E-state index contributed by atoms with van der Waals surface area (Å²) in [6, 6.07) is 0. The Balaban J connectivity index is 3.17. The molecule has 0 aromatic rings. The van der Waals surface area contributed by atoms with Gasteiger partial charge in [0.25, 0.3) is 0 Å². The van der Waals surface area contributed by atoms with Crippen molar-refractivity contribution in [1.82, 2.24) is 0 Å². The summed E-state index contributed by atoms with van der Waals surface area (Å²) in [4.78, 5) is 11.0. The summed E-state index contributed by atoms with van der Waals surface area (Å²) in [5.41, 5.74) is 0. The van der Waals surface area contributed by atoms with E-state index in [4.69, 9.17) is 5.21 Å². The number of rotatable bonds is 12. The molecule has 1 N–H and O–H groups in total. The fourth-order valence-electron chi connectivity index (χ4n) is 2.07. The second-order valence-corrected chi connectivity index (χ2v) is 6.30. The number of nitrogens with zero attached hydrogens (tertiary/aromatic N) is 2. The Morgan fingerprint density at radius 3 is 1.89 bits per heavy atom. The van der Waals surface area contributed by atoms with Crippen molar-refractivity contribution >= 4 is 12.0 Å². The molecule has 0 saturated heterocycles. The van der Waals surface area contributed by atoms with Gasteiger partial charge in [0.1, 0.15) is 6.21 Å². The Hall–Kier alpha value is -0.900. The van der Waals surface area contributed by atoms with Crippen LogP contribution in [0.3, 0.4) is 0 Å². The van der Waals surface area contributed by atoms with Crippen molar-refractivity contribution in [2.24, 2.45) is 5.16 Å². The smallest absolute Gasteiger partial charge is 0.177 e. The lowest BCUT2D eigenvalue weighted by Crippen LogP contribution is -2.35. The Kier molecular flexibility index (Phi) is 10.5. The molecule has 112 valence electrons. The standard InChI is InChI=1S/C15H30N2O2/c1-17(2,3)13-11-9-7-5-4-6-8-10-12-15(18)14-16-19/h14H,4-13H2,1-3H3/p+1. The Morgan fingerprint density at radius 2 is 1.42 bits per heavy atom. The number of quaternary nitrogens is 1. The summed E-state index contributed by atoms with van der Waals surface area (Å²) in [6.07, 6.45) is 11.3. The van der Waals surface area contributed by atoms with Crippen LogP contribution in [0.2, 0.25) is 0 Å². The molecule has 0 saturated carbocycles. The highest BCUT2D eigenvalue weighted by Crippen LogP contribution is 2.10. The summed E-state index contributed by atoms with van der Waals surface area (Å²) in [6.45, 7) is 1.26. The average molecular weight is 271 g/mol. The number of ketones is 1. The SMILES string of the molecule is C[N+](C)(C)CCCCCCCCCCC(=O)/C=N/O. The molecule has 0 amide bonds. The zero-order valence-electron chi connectivity index (χ0n) is 12.9. The molecular formula is C15H31N2O2+. The third kappa shape index (κ3) is 15.0. The maximum atomic E-state index is 11.0. The highest BCUT2D eigenvalue weighted by Gasteiger charge is 2.05. The molecule has 0 bridgehead atoms. The first-order chi connectivity index (χ1) is 8.95. The van der Waals surface area contributed by atoms with Crippen LogP contribution in [0.15, 0.2) is 5.16 Å². The van der Waals surface area contributed by atoms with E-state index in [0.717, 1.165) is 23.5 Å². The molecule has 4 heteroatoms. The summed E-state index contributed by atoms with van der Waals surface area (Å²) in [7, 11) is 6.72. The number of hydrogen-bond donors (Lipinski definition) is 1. The second-order valence-electron chi connectivity index (χ2n) is 6.30. The summed E-state index contributed by atoms with van der Waals surface area (Å²) < 4.78 is 1.06. The van der Waals surface area contributed by atoms with Crippen LogP contribution >= 0.6 is 0 Å². The number of unbranched alkanes of at least 4 members (excludes halogenated alkanes) is 7. The quantitative estimate of drug-likeness (QED) is 0.195. The first-order valence-corrected chi connectivity index (χ1v) is 7.46. The predicted molar refractivity (Wildman–Crippen MR) is 79.7 cm³/mol. The van der Waals surface area contributed by atoms with Crippen LogP contribution in [-0.2, 0) is 4.79 Å². The van der Waals surface area contributed by atoms with E-state index in [-0.39, 0.29) is 5.78 Å². The van der Waals surface area contributed by atoms with E-state index in [1.54, 1.807) is 0 Å². The highest BCUT2D eigenvalue weighted by atomic mass is 16.4. The molecule has 0 radical (unpaired) electrons. The minimum absolute atomic E-state index is 0.0807. The van der Waals surface area contributed by atoms with Crippen LogP contribution in [-0.4, -0.2) is 49.4 Å². The van der Waals surface area contributed by atoms with Crippen molar-refractivity contribution in [3.63, 3.8) is 0 Å². The third-order valence-corrected chi connectivity index (χ3v) is 3.20. The van der Waals surface area contributed by atoms with Crippen molar-refractivity contribution < 1.29 is 14.5 Å². The molecule has 0 fully saturated rings. The first kappa shape index (κ1) is 18.1. The Bertz CT molecular complexity index is 257. The van der Waals surface area contributed by atoms with Crippen molar-refractivity contribution in [3.8, 4) is 0 Å².